The van der Waals surface area contributed by atoms with Crippen LogP contribution in [-0.2, 0) is 16.0 Å². The van der Waals surface area contributed by atoms with E-state index in [4.69, 9.17) is 0 Å². The Morgan fingerprint density at radius 1 is 0.920 bits per heavy atom. The van der Waals surface area contributed by atoms with Crippen molar-refractivity contribution in [2.24, 2.45) is 0 Å². The lowest BCUT2D eigenvalue weighted by Gasteiger charge is -2.18. The smallest absolute Gasteiger partial charge is 0.251 e. The van der Waals surface area contributed by atoms with E-state index in [0.717, 1.165) is 5.56 Å². The highest BCUT2D eigenvalue weighted by Gasteiger charge is 2.22. The number of carbonyl (C=O) groups excluding carboxylic acids is 3. The fourth-order valence-electron chi connectivity index (χ4n) is 2.25. The number of benzene rings is 2. The van der Waals surface area contributed by atoms with E-state index in [0.29, 0.717) is 5.56 Å². The second-order valence-electron chi connectivity index (χ2n) is 5.47. The molecule has 0 saturated carbocycles. The molecule has 0 aromatic heterocycles. The first kappa shape index (κ1) is 18.3. The van der Waals surface area contributed by atoms with Gasteiger partial charge in [0.15, 0.2) is 5.78 Å². The van der Waals surface area contributed by atoms with E-state index >= 15 is 0 Å². The monoisotopic (exact) mass is 342 g/mol. The molecule has 2 rings (SSSR count). The zero-order valence-corrected chi connectivity index (χ0v) is 13.6. The molecular weight excluding hydrogens is 323 g/mol. The molecule has 0 saturated heterocycles. The summed E-state index contributed by atoms with van der Waals surface area (Å²) in [7, 11) is 0. The molecule has 0 aliphatic rings. The Morgan fingerprint density at radius 2 is 1.52 bits per heavy atom. The predicted molar refractivity (Wildman–Crippen MR) is 91.8 cm³/mol. The summed E-state index contributed by atoms with van der Waals surface area (Å²) in [6.07, 6.45) is 0.259. The van der Waals surface area contributed by atoms with E-state index in [1.807, 2.05) is 30.3 Å². The molecule has 130 valence electrons. The van der Waals surface area contributed by atoms with Crippen molar-refractivity contribution >= 4 is 17.6 Å². The number of hydrogen-bond donors (Lipinski definition) is 2. The normalized spacial score (nSPS) is 11.4. The maximum absolute atomic E-state index is 12.3. The third-order valence-electron chi connectivity index (χ3n) is 3.55. The summed E-state index contributed by atoms with van der Waals surface area (Å²) in [4.78, 5) is 35.7. The molecule has 0 radical (unpaired) electrons. The van der Waals surface area contributed by atoms with Gasteiger partial charge in [-0.15, -0.1) is 0 Å². The molecule has 2 aromatic carbocycles. The molecule has 0 bridgehead atoms. The zero-order valence-electron chi connectivity index (χ0n) is 13.6. The third-order valence-corrected chi connectivity index (χ3v) is 3.55. The lowest BCUT2D eigenvalue weighted by molar-refractivity contribution is -0.126. The highest BCUT2D eigenvalue weighted by molar-refractivity contribution is 5.98. The van der Waals surface area contributed by atoms with Gasteiger partial charge in [0.25, 0.3) is 5.91 Å². The van der Waals surface area contributed by atoms with Crippen molar-refractivity contribution in [1.29, 1.82) is 0 Å². The Morgan fingerprint density at radius 3 is 2.12 bits per heavy atom. The first-order valence-corrected chi connectivity index (χ1v) is 7.85. The van der Waals surface area contributed by atoms with Crippen molar-refractivity contribution < 1.29 is 18.8 Å². The van der Waals surface area contributed by atoms with Crippen LogP contribution < -0.4 is 10.6 Å². The Balaban J connectivity index is 2.09. The summed E-state index contributed by atoms with van der Waals surface area (Å²) in [6.45, 7) is -1.54. The average molecular weight is 342 g/mol. The van der Waals surface area contributed by atoms with Crippen molar-refractivity contribution in [2.75, 3.05) is 13.2 Å². The number of rotatable bonds is 8. The Labute approximate surface area is 145 Å². The lowest BCUT2D eigenvalue weighted by atomic mass is 10.0. The molecule has 2 aromatic rings. The van der Waals surface area contributed by atoms with E-state index in [9.17, 15) is 18.8 Å². The molecule has 0 aliphatic carbocycles. The number of halogens is 1. The van der Waals surface area contributed by atoms with E-state index in [1.54, 1.807) is 30.3 Å². The topological polar surface area (TPSA) is 75.3 Å². The Kier molecular flexibility index (Phi) is 6.83. The number of alkyl halides is 1. The first-order chi connectivity index (χ1) is 12.1. The maximum Gasteiger partial charge on any atom is 0.251 e. The molecule has 5 nitrogen and oxygen atoms in total. The van der Waals surface area contributed by atoms with Crippen molar-refractivity contribution in [1.82, 2.24) is 10.6 Å². The quantitative estimate of drug-likeness (QED) is 0.766. The highest BCUT2D eigenvalue weighted by Crippen LogP contribution is 2.06. The summed E-state index contributed by atoms with van der Waals surface area (Å²) in [5, 5.41) is 5.03. The van der Waals surface area contributed by atoms with Gasteiger partial charge in [-0.25, -0.2) is 4.39 Å². The number of ketones is 1. The number of amides is 2. The minimum atomic E-state index is -1.14. The highest BCUT2D eigenvalue weighted by atomic mass is 19.1. The van der Waals surface area contributed by atoms with Crippen LogP contribution in [-0.4, -0.2) is 36.9 Å². The van der Waals surface area contributed by atoms with E-state index in [-0.39, 0.29) is 6.42 Å². The van der Waals surface area contributed by atoms with Gasteiger partial charge < -0.3 is 10.6 Å². The zero-order chi connectivity index (χ0) is 18.1. The van der Waals surface area contributed by atoms with Crippen LogP contribution in [0.15, 0.2) is 60.7 Å². The van der Waals surface area contributed by atoms with E-state index in [2.05, 4.69) is 10.6 Å². The number of Topliss-reactive ketones (excluding diaryl/α,β-unsaturated/α-hetero) is 1. The Hall–Kier alpha value is -3.02. The molecule has 0 heterocycles. The molecule has 2 N–H and O–H groups in total. The van der Waals surface area contributed by atoms with Crippen molar-refractivity contribution in [3.63, 3.8) is 0 Å². The van der Waals surface area contributed by atoms with Crippen LogP contribution in [0.1, 0.15) is 15.9 Å². The molecule has 6 heteroatoms. The van der Waals surface area contributed by atoms with Gasteiger partial charge in [-0.1, -0.05) is 48.5 Å². The van der Waals surface area contributed by atoms with Crippen LogP contribution in [0.2, 0.25) is 0 Å². The fourth-order valence-corrected chi connectivity index (χ4v) is 2.25. The average Bonchev–Trinajstić information content (AvgIpc) is 2.66. The molecular formula is C19H19FN2O3. The standard InChI is InChI=1S/C19H19FN2O3/c20-12-16(23)13-21-19(25)17(11-14-7-3-1-4-8-14)22-18(24)15-9-5-2-6-10-15/h1-10,17H,11-13H2,(H,21,25)(H,22,24)/t17-/m0/s1. The van der Waals surface area contributed by atoms with Crippen molar-refractivity contribution in [2.45, 2.75) is 12.5 Å². The summed E-state index contributed by atoms with van der Waals surface area (Å²) in [5.41, 5.74) is 1.28. The number of nitrogens with one attached hydrogen (secondary N) is 2. The van der Waals surface area contributed by atoms with Gasteiger partial charge in [-0.05, 0) is 17.7 Å². The first-order valence-electron chi connectivity index (χ1n) is 7.85. The predicted octanol–water partition coefficient (Wildman–Crippen LogP) is 1.68. The number of carbonyl (C=O) groups is 3. The van der Waals surface area contributed by atoms with Gasteiger partial charge in [0, 0.05) is 12.0 Å². The van der Waals surface area contributed by atoms with Crippen LogP contribution in [0, 0.1) is 0 Å². The van der Waals surface area contributed by atoms with Gasteiger partial charge in [0.2, 0.25) is 5.91 Å². The van der Waals surface area contributed by atoms with Crippen LogP contribution in [0.5, 0.6) is 0 Å². The molecule has 0 unspecified atom stereocenters. The summed E-state index contributed by atoms with van der Waals surface area (Å²) in [6, 6.07) is 16.8. The SMILES string of the molecule is O=C(CF)CNC(=O)[C@H](Cc1ccccc1)NC(=O)c1ccccc1. The van der Waals surface area contributed by atoms with Crippen LogP contribution in [0.4, 0.5) is 4.39 Å². The van der Waals surface area contributed by atoms with E-state index in [1.165, 1.54) is 0 Å². The summed E-state index contributed by atoms with van der Waals surface area (Å²) in [5.74, 6) is -1.65. The molecule has 0 aliphatic heterocycles. The Bertz CT molecular complexity index is 720. The minimum Gasteiger partial charge on any atom is -0.347 e. The fraction of sp³-hybridized carbons (Fsp3) is 0.211. The van der Waals surface area contributed by atoms with Gasteiger partial charge in [0.05, 0.1) is 6.54 Å². The van der Waals surface area contributed by atoms with Crippen molar-refractivity contribution in [3.8, 4) is 0 Å². The van der Waals surface area contributed by atoms with Crippen LogP contribution in [0.3, 0.4) is 0 Å². The lowest BCUT2D eigenvalue weighted by Crippen LogP contribution is -2.49. The second-order valence-corrected chi connectivity index (χ2v) is 5.47. The van der Waals surface area contributed by atoms with Crippen molar-refractivity contribution in [3.05, 3.63) is 71.8 Å². The molecule has 0 spiro atoms. The molecule has 0 fully saturated rings. The molecule has 25 heavy (non-hydrogen) atoms. The second kappa shape index (κ2) is 9.32. The third kappa shape index (κ3) is 5.84. The molecule has 2 amide bonds. The van der Waals surface area contributed by atoms with Crippen LogP contribution >= 0.6 is 0 Å². The van der Waals surface area contributed by atoms with Gasteiger partial charge in [-0.2, -0.15) is 0 Å². The summed E-state index contributed by atoms with van der Waals surface area (Å²) < 4.78 is 12.2. The van der Waals surface area contributed by atoms with E-state index < -0.39 is 36.9 Å². The van der Waals surface area contributed by atoms with Gasteiger partial charge in [-0.3, -0.25) is 14.4 Å². The largest absolute Gasteiger partial charge is 0.347 e. The minimum absolute atomic E-state index is 0.259. The van der Waals surface area contributed by atoms with Crippen LogP contribution in [0.25, 0.3) is 0 Å². The molecule has 1 atom stereocenters. The maximum atomic E-state index is 12.3. The summed E-state index contributed by atoms with van der Waals surface area (Å²) >= 11 is 0. The number of hydrogen-bond acceptors (Lipinski definition) is 3. The van der Waals surface area contributed by atoms with Gasteiger partial charge in [0.1, 0.15) is 12.7 Å². The van der Waals surface area contributed by atoms with Gasteiger partial charge >= 0.3 is 0 Å².